The number of benzene rings is 1. The Kier molecular flexibility index (Phi) is 3.12. The van der Waals surface area contributed by atoms with Crippen LogP contribution in [-0.2, 0) is 0 Å². The first-order valence-electron chi connectivity index (χ1n) is 6.01. The minimum atomic E-state index is -0.344. The van der Waals surface area contributed by atoms with Gasteiger partial charge in [0.2, 0.25) is 0 Å². The van der Waals surface area contributed by atoms with E-state index in [0.29, 0.717) is 17.7 Å². The minimum absolute atomic E-state index is 0.167. The van der Waals surface area contributed by atoms with Crippen LogP contribution in [0.25, 0.3) is 0 Å². The van der Waals surface area contributed by atoms with Gasteiger partial charge in [0.05, 0.1) is 12.0 Å². The summed E-state index contributed by atoms with van der Waals surface area (Å²) in [5, 5.41) is 0. The van der Waals surface area contributed by atoms with Crippen molar-refractivity contribution in [3.63, 3.8) is 0 Å². The van der Waals surface area contributed by atoms with E-state index in [4.69, 9.17) is 16.5 Å². The molecule has 3 nitrogen and oxygen atoms in total. The Morgan fingerprint density at radius 3 is 2.78 bits per heavy atom. The van der Waals surface area contributed by atoms with E-state index in [1.54, 1.807) is 4.42 Å². The van der Waals surface area contributed by atoms with Gasteiger partial charge in [0.1, 0.15) is 11.4 Å². The summed E-state index contributed by atoms with van der Waals surface area (Å²) < 4.78 is 8.77. The quantitative estimate of drug-likeness (QED) is 0.683. The van der Waals surface area contributed by atoms with E-state index in [1.165, 1.54) is 0 Å². The fraction of sp³-hybridized carbons (Fsp3) is 0.462. The highest BCUT2D eigenvalue weighted by atomic mass is 79.9. The lowest BCUT2D eigenvalue weighted by Gasteiger charge is -2.42. The molecular weight excluding hydrogens is 318 g/mol. The molecule has 0 unspecified atom stereocenters. The number of ketones is 1. The largest absolute Gasteiger partial charge is 0.486 e. The Balaban J connectivity index is 1.92. The first kappa shape index (κ1) is 12.5. The van der Waals surface area contributed by atoms with Gasteiger partial charge in [0.25, 0.3) is 0 Å². The summed E-state index contributed by atoms with van der Waals surface area (Å²) in [6.45, 7) is 1.53. The Labute approximate surface area is 119 Å². The van der Waals surface area contributed by atoms with Gasteiger partial charge in [-0.1, -0.05) is 15.9 Å². The van der Waals surface area contributed by atoms with Crippen LogP contribution in [-0.4, -0.2) is 28.9 Å². The van der Waals surface area contributed by atoms with Gasteiger partial charge in [0.15, 0.2) is 5.78 Å². The topological polar surface area (TPSA) is 29.5 Å². The van der Waals surface area contributed by atoms with Gasteiger partial charge in [-0.05, 0) is 30.0 Å². The third-order valence-corrected chi connectivity index (χ3v) is 4.50. The molecule has 96 valence electrons. The number of rotatable bonds is 0. The van der Waals surface area contributed by atoms with Crippen molar-refractivity contribution in [1.29, 1.82) is 0 Å². The number of carbonyl (C=O) groups excluding carboxylic acids is 1. The summed E-state index contributed by atoms with van der Waals surface area (Å²) >= 11 is 9.34. The number of Topliss-reactive ketones (excluding diaryl/α,β-unsaturated/α-hetero) is 1. The molecule has 3 rings (SSSR count). The average Bonchev–Trinajstić information content (AvgIpc) is 2.35. The molecule has 1 aromatic rings. The number of halogens is 2. The maximum absolute atomic E-state index is 12.2. The van der Waals surface area contributed by atoms with Crippen LogP contribution in [0.1, 0.15) is 29.6 Å². The highest BCUT2D eigenvalue weighted by Gasteiger charge is 2.42. The second-order valence-corrected chi connectivity index (χ2v) is 6.33. The van der Waals surface area contributed by atoms with E-state index < -0.39 is 0 Å². The monoisotopic (exact) mass is 329 g/mol. The first-order valence-corrected chi connectivity index (χ1v) is 7.14. The van der Waals surface area contributed by atoms with Crippen LogP contribution in [0.3, 0.4) is 0 Å². The third-order valence-electron chi connectivity index (χ3n) is 3.67. The van der Waals surface area contributed by atoms with Crippen LogP contribution >= 0.6 is 27.7 Å². The maximum atomic E-state index is 12.2. The highest BCUT2D eigenvalue weighted by molar-refractivity contribution is 9.10. The van der Waals surface area contributed by atoms with Crippen molar-refractivity contribution in [3.05, 3.63) is 28.2 Å². The molecule has 1 fully saturated rings. The molecular formula is C13H13BrClNO2. The molecule has 0 radical (unpaired) electrons. The number of fused-ring (bicyclic) bond motifs is 1. The standard InChI is InChI=1S/C13H13BrClNO2/c14-9-1-2-12-10(7-9)11(17)8-13(18-12)3-5-16(15)6-4-13/h1-2,7H,3-6,8H2. The molecule has 2 aliphatic heterocycles. The summed E-state index contributed by atoms with van der Waals surface area (Å²) in [7, 11) is 0. The molecule has 1 saturated heterocycles. The SMILES string of the molecule is O=C1CC2(CCN(Cl)CC2)Oc2ccc(Br)cc21. The molecule has 5 heteroatoms. The fourth-order valence-corrected chi connectivity index (χ4v) is 3.16. The van der Waals surface area contributed by atoms with E-state index in [9.17, 15) is 4.79 Å². The van der Waals surface area contributed by atoms with Crippen LogP contribution in [0.4, 0.5) is 0 Å². The molecule has 0 aromatic heterocycles. The van der Waals surface area contributed by atoms with Gasteiger partial charge in [-0.2, -0.15) is 0 Å². The zero-order valence-corrected chi connectivity index (χ0v) is 12.1. The summed E-state index contributed by atoms with van der Waals surface area (Å²) in [4.78, 5) is 12.2. The number of nitrogens with zero attached hydrogens (tertiary/aromatic N) is 1. The normalized spacial score (nSPS) is 22.7. The third kappa shape index (κ3) is 2.17. The molecule has 1 aromatic carbocycles. The lowest BCUT2D eigenvalue weighted by atomic mass is 9.83. The minimum Gasteiger partial charge on any atom is -0.486 e. The fourth-order valence-electron chi connectivity index (χ4n) is 2.63. The Hall–Kier alpha value is -0.580. The molecule has 1 spiro atoms. The van der Waals surface area contributed by atoms with Crippen molar-refractivity contribution in [1.82, 2.24) is 4.42 Å². The summed E-state index contributed by atoms with van der Waals surface area (Å²) in [6.07, 6.45) is 2.07. The van der Waals surface area contributed by atoms with Gasteiger partial charge < -0.3 is 4.74 Å². The van der Waals surface area contributed by atoms with Crippen molar-refractivity contribution < 1.29 is 9.53 Å². The second kappa shape index (κ2) is 4.51. The smallest absolute Gasteiger partial charge is 0.170 e. The average molecular weight is 331 g/mol. The van der Waals surface area contributed by atoms with Gasteiger partial charge >= 0.3 is 0 Å². The van der Waals surface area contributed by atoms with Crippen molar-refractivity contribution in [3.8, 4) is 5.75 Å². The van der Waals surface area contributed by atoms with E-state index in [2.05, 4.69) is 15.9 Å². The Morgan fingerprint density at radius 1 is 1.33 bits per heavy atom. The lowest BCUT2D eigenvalue weighted by molar-refractivity contribution is 0.00604. The Morgan fingerprint density at radius 2 is 2.06 bits per heavy atom. The Bertz CT molecular complexity index is 498. The van der Waals surface area contributed by atoms with Gasteiger partial charge in [-0.15, -0.1) is 0 Å². The molecule has 0 bridgehead atoms. The van der Waals surface area contributed by atoms with Gasteiger partial charge in [-0.3, -0.25) is 4.79 Å². The van der Waals surface area contributed by atoms with Crippen molar-refractivity contribution in [2.24, 2.45) is 0 Å². The molecule has 18 heavy (non-hydrogen) atoms. The summed E-state index contributed by atoms with van der Waals surface area (Å²) in [6, 6.07) is 5.61. The van der Waals surface area contributed by atoms with Gasteiger partial charge in [0, 0.05) is 30.4 Å². The van der Waals surface area contributed by atoms with Crippen LogP contribution in [0.15, 0.2) is 22.7 Å². The van der Waals surface area contributed by atoms with Crippen LogP contribution in [0.5, 0.6) is 5.75 Å². The van der Waals surface area contributed by atoms with E-state index in [1.807, 2.05) is 18.2 Å². The zero-order valence-electron chi connectivity index (χ0n) is 9.79. The molecule has 0 saturated carbocycles. The van der Waals surface area contributed by atoms with E-state index >= 15 is 0 Å². The summed E-state index contributed by atoms with van der Waals surface area (Å²) in [5.74, 6) is 0.873. The zero-order chi connectivity index (χ0) is 12.8. The maximum Gasteiger partial charge on any atom is 0.170 e. The van der Waals surface area contributed by atoms with E-state index in [0.717, 1.165) is 30.4 Å². The number of piperidine rings is 1. The van der Waals surface area contributed by atoms with Crippen molar-refractivity contribution in [2.45, 2.75) is 24.9 Å². The van der Waals surface area contributed by atoms with Crippen molar-refractivity contribution in [2.75, 3.05) is 13.1 Å². The number of hydrogen-bond acceptors (Lipinski definition) is 3. The molecule has 0 N–H and O–H groups in total. The first-order chi connectivity index (χ1) is 8.58. The molecule has 0 atom stereocenters. The predicted octanol–water partition coefficient (Wildman–Crippen LogP) is 3.40. The van der Waals surface area contributed by atoms with Crippen LogP contribution in [0.2, 0.25) is 0 Å². The highest BCUT2D eigenvalue weighted by Crippen LogP contribution is 2.40. The van der Waals surface area contributed by atoms with Crippen molar-refractivity contribution >= 4 is 33.5 Å². The molecule has 0 aliphatic carbocycles. The molecule has 0 amide bonds. The van der Waals surface area contributed by atoms with E-state index in [-0.39, 0.29) is 11.4 Å². The number of hydrogen-bond donors (Lipinski definition) is 0. The molecule has 2 aliphatic rings. The number of carbonyl (C=O) groups is 1. The van der Waals surface area contributed by atoms with Crippen LogP contribution in [0, 0.1) is 0 Å². The summed E-state index contributed by atoms with van der Waals surface area (Å²) in [5.41, 5.74) is 0.340. The second-order valence-electron chi connectivity index (χ2n) is 4.94. The predicted molar refractivity (Wildman–Crippen MR) is 73.1 cm³/mol. The lowest BCUT2D eigenvalue weighted by Crippen LogP contribution is -2.49. The number of ether oxygens (including phenoxy) is 1. The molecule has 2 heterocycles. The van der Waals surface area contributed by atoms with Gasteiger partial charge in [-0.25, -0.2) is 4.42 Å². The van der Waals surface area contributed by atoms with Crippen LogP contribution < -0.4 is 4.74 Å².